The van der Waals surface area contributed by atoms with Crippen molar-refractivity contribution < 1.29 is 14.4 Å². The lowest BCUT2D eigenvalue weighted by molar-refractivity contribution is -0.145. The van der Waals surface area contributed by atoms with Gasteiger partial charge in [-0.2, -0.15) is 0 Å². The largest absolute Gasteiger partial charge is 0.338 e. The first kappa shape index (κ1) is 20.2. The number of anilines is 1. The van der Waals surface area contributed by atoms with Crippen molar-refractivity contribution in [2.75, 3.05) is 18.5 Å². The zero-order valence-electron chi connectivity index (χ0n) is 17.9. The lowest BCUT2D eigenvalue weighted by Gasteiger charge is -2.43. The minimum absolute atomic E-state index is 0.180. The third-order valence-corrected chi connectivity index (χ3v) is 6.80. The number of likely N-dealkylation sites (tertiary alicyclic amines) is 1. The molecule has 0 N–H and O–H groups in total. The van der Waals surface area contributed by atoms with Gasteiger partial charge < -0.3 is 9.80 Å². The number of amides is 2. The van der Waals surface area contributed by atoms with E-state index in [1.54, 1.807) is 41.1 Å². The van der Waals surface area contributed by atoms with Gasteiger partial charge in [0.05, 0.1) is 5.41 Å². The Kier molecular flexibility index (Phi) is 4.89. The lowest BCUT2D eigenvalue weighted by atomic mass is 9.63. The highest BCUT2D eigenvalue weighted by Crippen LogP contribution is 2.51. The summed E-state index contributed by atoms with van der Waals surface area (Å²) in [5, 5.41) is 0. The van der Waals surface area contributed by atoms with E-state index in [9.17, 15) is 14.4 Å². The van der Waals surface area contributed by atoms with Crippen LogP contribution in [0.2, 0.25) is 0 Å². The van der Waals surface area contributed by atoms with Gasteiger partial charge in [0, 0.05) is 31.4 Å². The van der Waals surface area contributed by atoms with Crippen molar-refractivity contribution in [3.8, 4) is 0 Å². The number of carbonyl (C=O) groups is 3. The average molecular weight is 425 g/mol. The van der Waals surface area contributed by atoms with Gasteiger partial charge in [-0.3, -0.25) is 14.4 Å². The normalized spacial score (nSPS) is 22.3. The number of piperidine rings is 1. The molecule has 160 valence electrons. The van der Waals surface area contributed by atoms with E-state index in [1.165, 1.54) is 0 Å². The van der Waals surface area contributed by atoms with E-state index in [4.69, 9.17) is 0 Å². The molecule has 1 spiro atoms. The molecule has 5 nitrogen and oxygen atoms in total. The zero-order valence-corrected chi connectivity index (χ0v) is 17.9. The fraction of sp³-hybridized carbons (Fsp3) is 0.222. The van der Waals surface area contributed by atoms with Crippen LogP contribution in [0.4, 0.5) is 5.69 Å². The monoisotopic (exact) mass is 424 g/mol. The predicted molar refractivity (Wildman–Crippen MR) is 122 cm³/mol. The number of Topliss-reactive ketones (excluding diaryl/α,β-unsaturated/α-hetero) is 1. The van der Waals surface area contributed by atoms with E-state index >= 15 is 0 Å². The van der Waals surface area contributed by atoms with Crippen molar-refractivity contribution >= 4 is 23.3 Å². The van der Waals surface area contributed by atoms with Gasteiger partial charge in [-0.05, 0) is 23.6 Å². The van der Waals surface area contributed by atoms with E-state index in [2.05, 4.69) is 0 Å². The maximum Gasteiger partial charge on any atom is 0.238 e. The number of fused-ring (bicyclic) bond motifs is 2. The second-order valence-electron chi connectivity index (χ2n) is 8.51. The topological polar surface area (TPSA) is 57.7 Å². The molecule has 2 aliphatic heterocycles. The number of hydrogen-bond donors (Lipinski definition) is 0. The molecule has 5 heteroatoms. The highest BCUT2D eigenvalue weighted by molar-refractivity contribution is 6.20. The molecule has 2 heterocycles. The van der Waals surface area contributed by atoms with Crippen molar-refractivity contribution in [3.05, 3.63) is 102 Å². The van der Waals surface area contributed by atoms with Crippen LogP contribution in [0.1, 0.15) is 27.9 Å². The smallest absolute Gasteiger partial charge is 0.238 e. The number of para-hydroxylation sites is 1. The number of likely N-dealkylation sites (N-methyl/N-ethyl adjacent to an activating group) is 1. The summed E-state index contributed by atoms with van der Waals surface area (Å²) in [6.07, 6.45) is 0.412. The number of ketones is 1. The molecule has 3 aromatic rings. The fourth-order valence-electron chi connectivity index (χ4n) is 5.21. The van der Waals surface area contributed by atoms with E-state index in [1.807, 2.05) is 60.7 Å². The second kappa shape index (κ2) is 7.75. The molecule has 5 rings (SSSR count). The van der Waals surface area contributed by atoms with Crippen LogP contribution in [0.25, 0.3) is 0 Å². The molecule has 2 atom stereocenters. The number of benzene rings is 3. The zero-order chi connectivity index (χ0) is 22.3. The van der Waals surface area contributed by atoms with Gasteiger partial charge in [0.1, 0.15) is 5.92 Å². The first-order valence-corrected chi connectivity index (χ1v) is 10.8. The summed E-state index contributed by atoms with van der Waals surface area (Å²) >= 11 is 0. The van der Waals surface area contributed by atoms with Crippen LogP contribution >= 0.6 is 0 Å². The average Bonchev–Trinajstić information content (AvgIpc) is 3.05. The van der Waals surface area contributed by atoms with E-state index in [0.29, 0.717) is 25.1 Å². The third kappa shape index (κ3) is 2.96. The number of nitrogens with zero attached hydrogens (tertiary/aromatic N) is 2. The SMILES string of the molecule is CN1C(=O)C2(CCN(Cc3ccccc3)C(=O)C2C(=O)c2ccccc2)c2ccccc21. The van der Waals surface area contributed by atoms with Crippen LogP contribution in [-0.2, 0) is 21.5 Å². The molecular weight excluding hydrogens is 400 g/mol. The van der Waals surface area contributed by atoms with Crippen molar-refractivity contribution in [1.82, 2.24) is 4.90 Å². The first-order valence-electron chi connectivity index (χ1n) is 10.8. The minimum Gasteiger partial charge on any atom is -0.338 e. The molecule has 0 aromatic heterocycles. The summed E-state index contributed by atoms with van der Waals surface area (Å²) in [5.74, 6) is -1.86. The van der Waals surface area contributed by atoms with E-state index in [-0.39, 0.29) is 17.6 Å². The molecule has 0 saturated carbocycles. The molecule has 32 heavy (non-hydrogen) atoms. The van der Waals surface area contributed by atoms with Gasteiger partial charge >= 0.3 is 0 Å². The number of hydrogen-bond acceptors (Lipinski definition) is 3. The van der Waals surface area contributed by atoms with Crippen LogP contribution in [0.5, 0.6) is 0 Å². The van der Waals surface area contributed by atoms with Crippen LogP contribution in [0.15, 0.2) is 84.9 Å². The molecule has 0 bridgehead atoms. The third-order valence-electron chi connectivity index (χ3n) is 6.80. The van der Waals surface area contributed by atoms with Gasteiger partial charge in [-0.25, -0.2) is 0 Å². The summed E-state index contributed by atoms with van der Waals surface area (Å²) in [6.45, 7) is 0.834. The lowest BCUT2D eigenvalue weighted by Crippen LogP contribution is -2.59. The summed E-state index contributed by atoms with van der Waals surface area (Å²) in [6, 6.07) is 26.1. The minimum atomic E-state index is -1.18. The molecule has 1 saturated heterocycles. The molecule has 0 radical (unpaired) electrons. The van der Waals surface area contributed by atoms with Crippen molar-refractivity contribution in [2.24, 2.45) is 5.92 Å². The van der Waals surface area contributed by atoms with Gasteiger partial charge in [0.15, 0.2) is 5.78 Å². The van der Waals surface area contributed by atoms with Crippen molar-refractivity contribution in [1.29, 1.82) is 0 Å². The number of carbonyl (C=O) groups excluding carboxylic acids is 3. The van der Waals surface area contributed by atoms with Gasteiger partial charge in [-0.15, -0.1) is 0 Å². The molecule has 2 unspecified atom stereocenters. The van der Waals surface area contributed by atoms with E-state index in [0.717, 1.165) is 16.8 Å². The Labute approximate surface area is 187 Å². The molecule has 0 aliphatic carbocycles. The summed E-state index contributed by atoms with van der Waals surface area (Å²) in [4.78, 5) is 44.7. The molecular formula is C27H24N2O3. The van der Waals surface area contributed by atoms with Gasteiger partial charge in [-0.1, -0.05) is 78.9 Å². The van der Waals surface area contributed by atoms with E-state index < -0.39 is 11.3 Å². The maximum absolute atomic E-state index is 13.9. The first-order chi connectivity index (χ1) is 15.5. The Morgan fingerprint density at radius 1 is 0.906 bits per heavy atom. The Bertz CT molecular complexity index is 1190. The van der Waals surface area contributed by atoms with Crippen molar-refractivity contribution in [3.63, 3.8) is 0 Å². The fourth-order valence-corrected chi connectivity index (χ4v) is 5.21. The van der Waals surface area contributed by atoms with Crippen molar-refractivity contribution in [2.45, 2.75) is 18.4 Å². The van der Waals surface area contributed by atoms with Crippen LogP contribution in [0, 0.1) is 5.92 Å². The second-order valence-corrected chi connectivity index (χ2v) is 8.51. The van der Waals surface area contributed by atoms with Crippen LogP contribution in [-0.4, -0.2) is 36.1 Å². The molecule has 1 fully saturated rings. The summed E-state index contributed by atoms with van der Waals surface area (Å²) < 4.78 is 0. The summed E-state index contributed by atoms with van der Waals surface area (Å²) in [7, 11) is 1.72. The van der Waals surface area contributed by atoms with Gasteiger partial charge in [0.25, 0.3) is 0 Å². The Morgan fingerprint density at radius 2 is 1.53 bits per heavy atom. The maximum atomic E-state index is 13.9. The molecule has 2 amide bonds. The number of rotatable bonds is 4. The molecule has 2 aliphatic rings. The predicted octanol–water partition coefficient (Wildman–Crippen LogP) is 3.83. The quantitative estimate of drug-likeness (QED) is 0.472. The Balaban J connectivity index is 1.62. The Hall–Kier alpha value is -3.73. The van der Waals surface area contributed by atoms with Gasteiger partial charge in [0.2, 0.25) is 11.8 Å². The Morgan fingerprint density at radius 3 is 2.25 bits per heavy atom. The highest BCUT2D eigenvalue weighted by atomic mass is 16.2. The molecule has 3 aromatic carbocycles. The van der Waals surface area contributed by atoms with Crippen LogP contribution in [0.3, 0.4) is 0 Å². The highest BCUT2D eigenvalue weighted by Gasteiger charge is 2.62. The summed E-state index contributed by atoms with van der Waals surface area (Å²) in [5.41, 5.74) is 1.81. The standard InChI is InChI=1S/C27H24N2O3/c1-28-22-15-9-8-14-21(22)27(26(28)32)16-17-29(18-19-10-4-2-5-11-19)25(31)23(27)24(30)20-12-6-3-7-13-20/h2-15,23H,16-18H2,1H3. The van der Waals surface area contributed by atoms with Crippen LogP contribution < -0.4 is 4.90 Å².